The number of rotatable bonds is 2. The summed E-state index contributed by atoms with van der Waals surface area (Å²) >= 11 is 6.13. The number of nitrogens with zero attached hydrogens (tertiary/aromatic N) is 1. The van der Waals surface area contributed by atoms with Crippen molar-refractivity contribution < 1.29 is 0 Å². The Morgan fingerprint density at radius 1 is 1.50 bits per heavy atom. The lowest BCUT2D eigenvalue weighted by molar-refractivity contribution is 0.199. The Kier molecular flexibility index (Phi) is 3.85. The first kappa shape index (κ1) is 11.9. The molecule has 1 saturated heterocycles. The highest BCUT2D eigenvalue weighted by atomic mass is 35.5. The van der Waals surface area contributed by atoms with E-state index < -0.39 is 0 Å². The highest BCUT2D eigenvalue weighted by Crippen LogP contribution is 2.18. The van der Waals surface area contributed by atoms with E-state index in [4.69, 9.17) is 11.6 Å². The molecule has 88 valence electrons. The highest BCUT2D eigenvalue weighted by Gasteiger charge is 2.15. The maximum atomic E-state index is 6.13. The molecule has 0 amide bonds. The Hall–Kier alpha value is -0.570. The second-order valence-corrected chi connectivity index (χ2v) is 5.08. The molecule has 2 nitrogen and oxygen atoms in total. The quantitative estimate of drug-likeness (QED) is 0.852. The molecule has 0 spiro atoms. The van der Waals surface area contributed by atoms with Gasteiger partial charge >= 0.3 is 0 Å². The highest BCUT2D eigenvalue weighted by molar-refractivity contribution is 6.31. The third-order valence-electron chi connectivity index (χ3n) is 3.10. The van der Waals surface area contributed by atoms with Gasteiger partial charge in [-0.3, -0.25) is 4.90 Å². The van der Waals surface area contributed by atoms with Gasteiger partial charge in [-0.1, -0.05) is 23.7 Å². The molecule has 0 aliphatic carbocycles. The van der Waals surface area contributed by atoms with Gasteiger partial charge in [0.15, 0.2) is 0 Å². The fourth-order valence-electron chi connectivity index (χ4n) is 2.15. The van der Waals surface area contributed by atoms with Crippen molar-refractivity contribution in [1.29, 1.82) is 0 Å². The third-order valence-corrected chi connectivity index (χ3v) is 3.50. The summed E-state index contributed by atoms with van der Waals surface area (Å²) in [5.41, 5.74) is 2.46. The average molecular weight is 239 g/mol. The van der Waals surface area contributed by atoms with Crippen molar-refractivity contribution >= 4 is 11.6 Å². The molecule has 0 bridgehead atoms. The van der Waals surface area contributed by atoms with Crippen LogP contribution in [0.4, 0.5) is 0 Å². The summed E-state index contributed by atoms with van der Waals surface area (Å²) in [4.78, 5) is 2.47. The van der Waals surface area contributed by atoms with Crippen LogP contribution in [0.3, 0.4) is 0 Å². The van der Waals surface area contributed by atoms with Crippen LogP contribution in [0.5, 0.6) is 0 Å². The summed E-state index contributed by atoms with van der Waals surface area (Å²) in [6.45, 7) is 8.60. The van der Waals surface area contributed by atoms with Crippen molar-refractivity contribution in [1.82, 2.24) is 10.2 Å². The summed E-state index contributed by atoms with van der Waals surface area (Å²) in [6.07, 6.45) is 0. The van der Waals surface area contributed by atoms with E-state index in [0.717, 1.165) is 36.8 Å². The number of benzene rings is 1. The molecule has 0 radical (unpaired) electrons. The minimum atomic E-state index is 0.592. The lowest BCUT2D eigenvalue weighted by Crippen LogP contribution is -2.48. The maximum absolute atomic E-state index is 6.13. The second-order valence-electron chi connectivity index (χ2n) is 4.67. The van der Waals surface area contributed by atoms with Gasteiger partial charge in [-0.25, -0.2) is 0 Å². The lowest BCUT2D eigenvalue weighted by atomic mass is 10.1. The Labute approximate surface area is 103 Å². The van der Waals surface area contributed by atoms with E-state index in [0.29, 0.717) is 6.04 Å². The van der Waals surface area contributed by atoms with Gasteiger partial charge in [0.2, 0.25) is 0 Å². The second kappa shape index (κ2) is 5.17. The van der Waals surface area contributed by atoms with E-state index in [9.17, 15) is 0 Å². The number of hydrogen-bond acceptors (Lipinski definition) is 2. The van der Waals surface area contributed by atoms with Crippen LogP contribution in [0.15, 0.2) is 18.2 Å². The van der Waals surface area contributed by atoms with Crippen LogP contribution in [0.25, 0.3) is 0 Å². The first-order valence-corrected chi connectivity index (χ1v) is 6.24. The van der Waals surface area contributed by atoms with Gasteiger partial charge in [-0.05, 0) is 31.0 Å². The summed E-state index contributed by atoms with van der Waals surface area (Å²) in [7, 11) is 0. The van der Waals surface area contributed by atoms with Gasteiger partial charge in [0.25, 0.3) is 0 Å². The molecule has 1 aromatic rings. The summed E-state index contributed by atoms with van der Waals surface area (Å²) in [5.74, 6) is 0. The summed E-state index contributed by atoms with van der Waals surface area (Å²) < 4.78 is 0. The Balaban J connectivity index is 2.00. The number of nitrogens with one attached hydrogen (secondary N) is 1. The van der Waals surface area contributed by atoms with Gasteiger partial charge in [0.1, 0.15) is 0 Å². The molecule has 1 fully saturated rings. The first-order valence-electron chi connectivity index (χ1n) is 5.86. The van der Waals surface area contributed by atoms with Gasteiger partial charge in [0, 0.05) is 37.2 Å². The molecular weight excluding hydrogens is 220 g/mol. The van der Waals surface area contributed by atoms with E-state index >= 15 is 0 Å². The third kappa shape index (κ3) is 2.97. The van der Waals surface area contributed by atoms with Crippen LogP contribution in [-0.2, 0) is 6.54 Å². The molecule has 2 rings (SSSR count). The molecule has 1 unspecified atom stereocenters. The fraction of sp³-hybridized carbons (Fsp3) is 0.538. The van der Waals surface area contributed by atoms with Gasteiger partial charge in [-0.15, -0.1) is 0 Å². The van der Waals surface area contributed by atoms with Crippen LogP contribution in [0.2, 0.25) is 5.02 Å². The van der Waals surface area contributed by atoms with Gasteiger partial charge in [-0.2, -0.15) is 0 Å². The van der Waals surface area contributed by atoms with E-state index in [2.05, 4.69) is 35.3 Å². The van der Waals surface area contributed by atoms with Crippen molar-refractivity contribution in [3.05, 3.63) is 34.3 Å². The molecule has 1 atom stereocenters. The molecule has 1 aliphatic heterocycles. The zero-order valence-corrected chi connectivity index (χ0v) is 10.7. The summed E-state index contributed by atoms with van der Waals surface area (Å²) in [5, 5.41) is 4.33. The van der Waals surface area contributed by atoms with Crippen molar-refractivity contribution in [2.75, 3.05) is 19.6 Å². The molecule has 1 aromatic carbocycles. The largest absolute Gasteiger partial charge is 0.312 e. The molecule has 16 heavy (non-hydrogen) atoms. The van der Waals surface area contributed by atoms with E-state index in [1.54, 1.807) is 0 Å². The smallest absolute Gasteiger partial charge is 0.0438 e. The maximum Gasteiger partial charge on any atom is 0.0438 e. The minimum Gasteiger partial charge on any atom is -0.312 e. The molecule has 0 aromatic heterocycles. The predicted molar refractivity (Wildman–Crippen MR) is 68.9 cm³/mol. The molecule has 1 N–H and O–H groups in total. The molecule has 3 heteroatoms. The fourth-order valence-corrected chi connectivity index (χ4v) is 2.35. The van der Waals surface area contributed by atoms with Crippen molar-refractivity contribution in [2.45, 2.75) is 26.4 Å². The predicted octanol–water partition coefficient (Wildman–Crippen LogP) is 2.44. The minimum absolute atomic E-state index is 0.592. The van der Waals surface area contributed by atoms with Crippen LogP contribution in [0.1, 0.15) is 18.1 Å². The van der Waals surface area contributed by atoms with E-state index in [-0.39, 0.29) is 0 Å². The zero-order chi connectivity index (χ0) is 11.5. The van der Waals surface area contributed by atoms with Crippen molar-refractivity contribution in [3.8, 4) is 0 Å². The summed E-state index contributed by atoms with van der Waals surface area (Å²) in [6, 6.07) is 6.95. The normalized spacial score (nSPS) is 22.3. The number of aryl methyl sites for hydroxylation is 1. The Bertz CT molecular complexity index is 365. The van der Waals surface area contributed by atoms with E-state index in [1.165, 1.54) is 5.56 Å². The lowest BCUT2D eigenvalue weighted by Gasteiger charge is -2.31. The molecule has 0 saturated carbocycles. The zero-order valence-electron chi connectivity index (χ0n) is 9.96. The van der Waals surface area contributed by atoms with Crippen LogP contribution >= 0.6 is 11.6 Å². The Morgan fingerprint density at radius 3 is 3.00 bits per heavy atom. The van der Waals surface area contributed by atoms with Crippen LogP contribution in [-0.4, -0.2) is 30.6 Å². The first-order chi connectivity index (χ1) is 7.65. The standard InChI is InChI=1S/C13H19ClN2/c1-10-3-4-12(7-13(10)14)9-16-6-5-15-11(2)8-16/h3-4,7,11,15H,5-6,8-9H2,1-2H3. The average Bonchev–Trinajstić information content (AvgIpc) is 2.24. The molecule has 1 aliphatic rings. The topological polar surface area (TPSA) is 15.3 Å². The van der Waals surface area contributed by atoms with Crippen LogP contribution < -0.4 is 5.32 Å². The number of hydrogen-bond donors (Lipinski definition) is 1. The Morgan fingerprint density at radius 2 is 2.31 bits per heavy atom. The number of piperazine rings is 1. The van der Waals surface area contributed by atoms with Crippen molar-refractivity contribution in [3.63, 3.8) is 0 Å². The SMILES string of the molecule is Cc1ccc(CN2CCNC(C)C2)cc1Cl. The van der Waals surface area contributed by atoms with Gasteiger partial charge in [0.05, 0.1) is 0 Å². The van der Waals surface area contributed by atoms with Crippen LogP contribution in [0, 0.1) is 6.92 Å². The van der Waals surface area contributed by atoms with Crippen molar-refractivity contribution in [2.24, 2.45) is 0 Å². The molecular formula is C13H19ClN2. The monoisotopic (exact) mass is 238 g/mol. The number of halogens is 1. The van der Waals surface area contributed by atoms with Gasteiger partial charge < -0.3 is 5.32 Å². The molecule has 1 heterocycles. The van der Waals surface area contributed by atoms with E-state index in [1.807, 2.05) is 6.92 Å².